The number of hydrogen-bond acceptors (Lipinski definition) is 4. The van der Waals surface area contributed by atoms with Gasteiger partial charge in [-0.15, -0.1) is 0 Å². The fourth-order valence-corrected chi connectivity index (χ4v) is 5.02. The van der Waals surface area contributed by atoms with Crippen molar-refractivity contribution in [3.05, 3.63) is 0 Å². The predicted molar refractivity (Wildman–Crippen MR) is 63.5 cm³/mol. The molecule has 4 saturated carbocycles. The van der Waals surface area contributed by atoms with Crippen LogP contribution in [-0.4, -0.2) is 26.2 Å². The number of carbonyl (C=O) groups excluding carboxylic acids is 2. The van der Waals surface area contributed by atoms with E-state index in [1.54, 1.807) is 0 Å². The summed E-state index contributed by atoms with van der Waals surface area (Å²) in [7, 11) is 2.75. The maximum atomic E-state index is 12.3. The number of rotatable bonds is 2. The third-order valence-corrected chi connectivity index (χ3v) is 5.47. The standard InChI is InChI=1S/C14H20O4/c1-17-12(15)14(13(16)18-2)10-4-8-3-9(6-10)7-11(14)5-8/h8-11H,3-7H2,1-2H3/t8-,9+,10-,11+. The second-order valence-corrected chi connectivity index (χ2v) is 6.16. The molecule has 4 rings (SSSR count). The Morgan fingerprint density at radius 1 is 0.833 bits per heavy atom. The summed E-state index contributed by atoms with van der Waals surface area (Å²) in [4.78, 5) is 24.6. The van der Waals surface area contributed by atoms with E-state index in [1.807, 2.05) is 0 Å². The van der Waals surface area contributed by atoms with Crippen LogP contribution >= 0.6 is 0 Å². The number of hydrogen-bond donors (Lipinski definition) is 0. The molecule has 0 amide bonds. The number of carbonyl (C=O) groups is 2. The van der Waals surface area contributed by atoms with Gasteiger partial charge in [-0.1, -0.05) is 0 Å². The minimum atomic E-state index is -1.00. The summed E-state index contributed by atoms with van der Waals surface area (Å²) in [5.74, 6) is 0.929. The molecule has 4 aliphatic rings. The van der Waals surface area contributed by atoms with Gasteiger partial charge in [-0.3, -0.25) is 9.59 Å². The fourth-order valence-electron chi connectivity index (χ4n) is 5.02. The molecular formula is C14H20O4. The van der Waals surface area contributed by atoms with Crippen LogP contribution in [0.4, 0.5) is 0 Å². The molecule has 4 fully saturated rings. The Kier molecular flexibility index (Phi) is 2.65. The first-order valence-electron chi connectivity index (χ1n) is 6.79. The van der Waals surface area contributed by atoms with Gasteiger partial charge in [-0.25, -0.2) is 0 Å². The van der Waals surface area contributed by atoms with E-state index in [4.69, 9.17) is 9.47 Å². The molecule has 0 heterocycles. The lowest BCUT2D eigenvalue weighted by Gasteiger charge is -2.57. The zero-order valence-corrected chi connectivity index (χ0v) is 11.0. The van der Waals surface area contributed by atoms with Crippen LogP contribution in [0.3, 0.4) is 0 Å². The normalized spacial score (nSPS) is 39.4. The van der Waals surface area contributed by atoms with Gasteiger partial charge in [0.15, 0.2) is 5.41 Å². The van der Waals surface area contributed by atoms with Gasteiger partial charge in [0.25, 0.3) is 0 Å². The Bertz CT molecular complexity index is 341. The average Bonchev–Trinajstić information content (AvgIpc) is 2.37. The van der Waals surface area contributed by atoms with Crippen molar-refractivity contribution in [2.75, 3.05) is 14.2 Å². The van der Waals surface area contributed by atoms with Crippen molar-refractivity contribution in [2.45, 2.75) is 32.1 Å². The largest absolute Gasteiger partial charge is 0.468 e. The van der Waals surface area contributed by atoms with E-state index in [-0.39, 0.29) is 23.8 Å². The maximum Gasteiger partial charge on any atom is 0.323 e. The van der Waals surface area contributed by atoms with E-state index in [9.17, 15) is 9.59 Å². The van der Waals surface area contributed by atoms with Crippen LogP contribution in [0.1, 0.15) is 32.1 Å². The highest BCUT2D eigenvalue weighted by Crippen LogP contribution is 2.63. The molecule has 0 aromatic heterocycles. The van der Waals surface area contributed by atoms with Crippen molar-refractivity contribution in [1.29, 1.82) is 0 Å². The van der Waals surface area contributed by atoms with Gasteiger partial charge in [-0.2, -0.15) is 0 Å². The lowest BCUT2D eigenvalue weighted by Crippen LogP contribution is -2.61. The van der Waals surface area contributed by atoms with Crippen LogP contribution in [0.5, 0.6) is 0 Å². The third-order valence-electron chi connectivity index (χ3n) is 5.47. The number of esters is 2. The van der Waals surface area contributed by atoms with E-state index in [1.165, 1.54) is 20.6 Å². The van der Waals surface area contributed by atoms with E-state index >= 15 is 0 Å². The third kappa shape index (κ3) is 1.32. The van der Waals surface area contributed by atoms with Crippen molar-refractivity contribution in [2.24, 2.45) is 29.1 Å². The summed E-state index contributed by atoms with van der Waals surface area (Å²) in [6, 6.07) is 0. The molecule has 0 aromatic carbocycles. The van der Waals surface area contributed by atoms with Crippen LogP contribution in [0.15, 0.2) is 0 Å². The van der Waals surface area contributed by atoms with Gasteiger partial charge in [-0.05, 0) is 55.8 Å². The number of ether oxygens (including phenoxy) is 2. The van der Waals surface area contributed by atoms with Crippen molar-refractivity contribution < 1.29 is 19.1 Å². The Morgan fingerprint density at radius 2 is 1.22 bits per heavy atom. The molecule has 4 aliphatic carbocycles. The fraction of sp³-hybridized carbons (Fsp3) is 0.857. The SMILES string of the molecule is COC(=O)C1(C(=O)OC)[C@H]2C[C@@H]3C[C@@H](C[C@H]1C3)C2. The van der Waals surface area contributed by atoms with Crippen LogP contribution in [-0.2, 0) is 19.1 Å². The Morgan fingerprint density at radius 3 is 1.56 bits per heavy atom. The van der Waals surface area contributed by atoms with Gasteiger partial charge in [0.05, 0.1) is 14.2 Å². The van der Waals surface area contributed by atoms with Crippen molar-refractivity contribution >= 4 is 11.9 Å². The maximum absolute atomic E-state index is 12.3. The van der Waals surface area contributed by atoms with Gasteiger partial charge in [0, 0.05) is 0 Å². The first-order chi connectivity index (χ1) is 8.62. The van der Waals surface area contributed by atoms with E-state index in [0.717, 1.165) is 25.7 Å². The second-order valence-electron chi connectivity index (χ2n) is 6.16. The number of methoxy groups -OCH3 is 2. The summed E-state index contributed by atoms with van der Waals surface area (Å²) in [6.45, 7) is 0. The first-order valence-corrected chi connectivity index (χ1v) is 6.79. The predicted octanol–water partition coefficient (Wildman–Crippen LogP) is 1.77. The molecule has 100 valence electrons. The zero-order chi connectivity index (χ0) is 12.9. The highest BCUT2D eigenvalue weighted by Gasteiger charge is 2.66. The van der Waals surface area contributed by atoms with Crippen molar-refractivity contribution in [3.8, 4) is 0 Å². The Labute approximate surface area is 107 Å². The van der Waals surface area contributed by atoms with Crippen LogP contribution in [0.2, 0.25) is 0 Å². The van der Waals surface area contributed by atoms with Gasteiger partial charge in [0.2, 0.25) is 0 Å². The van der Waals surface area contributed by atoms with Crippen molar-refractivity contribution in [3.63, 3.8) is 0 Å². The van der Waals surface area contributed by atoms with Crippen LogP contribution in [0, 0.1) is 29.1 Å². The molecule has 0 radical (unpaired) electrons. The van der Waals surface area contributed by atoms with Gasteiger partial charge >= 0.3 is 11.9 Å². The summed E-state index contributed by atoms with van der Waals surface area (Å²) in [6.07, 6.45) is 5.22. The highest BCUT2D eigenvalue weighted by molar-refractivity contribution is 6.01. The minimum Gasteiger partial charge on any atom is -0.468 e. The average molecular weight is 252 g/mol. The molecule has 0 N–H and O–H groups in total. The highest BCUT2D eigenvalue weighted by atomic mass is 16.5. The topological polar surface area (TPSA) is 52.6 Å². The summed E-state index contributed by atoms with van der Waals surface area (Å²) in [5, 5.41) is 0. The van der Waals surface area contributed by atoms with Crippen LogP contribution in [0.25, 0.3) is 0 Å². The van der Waals surface area contributed by atoms with E-state index < -0.39 is 5.41 Å². The zero-order valence-electron chi connectivity index (χ0n) is 11.0. The molecule has 0 aromatic rings. The molecule has 18 heavy (non-hydrogen) atoms. The lowest BCUT2D eigenvalue weighted by molar-refractivity contribution is -0.197. The minimum absolute atomic E-state index is 0.133. The first kappa shape index (κ1) is 12.0. The quantitative estimate of drug-likeness (QED) is 0.555. The molecular weight excluding hydrogens is 232 g/mol. The van der Waals surface area contributed by atoms with Crippen LogP contribution < -0.4 is 0 Å². The molecule has 4 bridgehead atoms. The smallest absolute Gasteiger partial charge is 0.323 e. The Balaban J connectivity index is 2.04. The van der Waals surface area contributed by atoms with Gasteiger partial charge < -0.3 is 9.47 Å². The molecule has 4 heteroatoms. The summed E-state index contributed by atoms with van der Waals surface area (Å²) >= 11 is 0. The monoisotopic (exact) mass is 252 g/mol. The van der Waals surface area contributed by atoms with E-state index in [0.29, 0.717) is 11.8 Å². The molecule has 0 atom stereocenters. The second kappa shape index (κ2) is 3.97. The molecule has 0 spiro atoms. The lowest BCUT2D eigenvalue weighted by atomic mass is 9.45. The summed E-state index contributed by atoms with van der Waals surface area (Å²) < 4.78 is 9.93. The van der Waals surface area contributed by atoms with Gasteiger partial charge in [0.1, 0.15) is 0 Å². The Hall–Kier alpha value is -1.06. The molecule has 0 saturated heterocycles. The molecule has 0 unspecified atom stereocenters. The molecule has 0 aliphatic heterocycles. The van der Waals surface area contributed by atoms with E-state index in [2.05, 4.69) is 0 Å². The van der Waals surface area contributed by atoms with Crippen molar-refractivity contribution in [1.82, 2.24) is 0 Å². The summed E-state index contributed by atoms with van der Waals surface area (Å²) in [5.41, 5.74) is -1.00. The molecule has 4 nitrogen and oxygen atoms in total.